The first kappa shape index (κ1) is 11.3. The van der Waals surface area contributed by atoms with Crippen LogP contribution < -0.4 is 5.32 Å². The van der Waals surface area contributed by atoms with E-state index in [0.717, 1.165) is 0 Å². The third-order valence-corrected chi connectivity index (χ3v) is 2.93. The van der Waals surface area contributed by atoms with Crippen molar-refractivity contribution in [2.24, 2.45) is 0 Å². The van der Waals surface area contributed by atoms with E-state index in [9.17, 15) is 13.6 Å². The molecule has 1 N–H and O–H groups in total. The van der Waals surface area contributed by atoms with E-state index in [-0.39, 0.29) is 11.4 Å². The maximum Gasteiger partial charge on any atom is 0.235 e. The number of nitrogens with one attached hydrogen (secondary N) is 1. The van der Waals surface area contributed by atoms with E-state index in [1.54, 1.807) is 0 Å². The van der Waals surface area contributed by atoms with Crippen LogP contribution in [-0.2, 0) is 10.3 Å². The standard InChI is InChI=1S/C11H10ClF2NO/c12-6-9(16)15-11(4-5-11)10-7(13)2-1-3-8(10)14/h1-3H,4-6H2,(H,15,16). The minimum atomic E-state index is -0.888. The van der Waals surface area contributed by atoms with Crippen molar-refractivity contribution in [2.45, 2.75) is 18.4 Å². The van der Waals surface area contributed by atoms with Crippen LogP contribution in [0.2, 0.25) is 0 Å². The first-order chi connectivity index (χ1) is 7.59. The highest BCUT2D eigenvalue weighted by Crippen LogP contribution is 2.47. The van der Waals surface area contributed by atoms with Gasteiger partial charge in [-0.3, -0.25) is 4.79 Å². The summed E-state index contributed by atoms with van der Waals surface area (Å²) >= 11 is 5.35. The third kappa shape index (κ3) is 1.89. The molecule has 86 valence electrons. The SMILES string of the molecule is O=C(CCl)NC1(c2c(F)cccc2F)CC1. The average Bonchev–Trinajstić information content (AvgIpc) is 2.98. The molecule has 0 bridgehead atoms. The van der Waals surface area contributed by atoms with Crippen molar-refractivity contribution in [2.75, 3.05) is 5.88 Å². The number of halogens is 3. The van der Waals surface area contributed by atoms with Crippen molar-refractivity contribution in [3.63, 3.8) is 0 Å². The monoisotopic (exact) mass is 245 g/mol. The second kappa shape index (κ2) is 4.01. The van der Waals surface area contributed by atoms with Gasteiger partial charge in [-0.1, -0.05) is 6.07 Å². The van der Waals surface area contributed by atoms with E-state index in [4.69, 9.17) is 11.6 Å². The highest BCUT2D eigenvalue weighted by atomic mass is 35.5. The molecule has 5 heteroatoms. The molecule has 1 aromatic rings. The van der Waals surface area contributed by atoms with Crippen molar-refractivity contribution in [1.82, 2.24) is 5.32 Å². The van der Waals surface area contributed by atoms with Crippen molar-refractivity contribution < 1.29 is 13.6 Å². The van der Waals surface area contributed by atoms with Gasteiger partial charge in [0.15, 0.2) is 0 Å². The molecule has 0 heterocycles. The van der Waals surface area contributed by atoms with Crippen LogP contribution in [0, 0.1) is 11.6 Å². The summed E-state index contributed by atoms with van der Waals surface area (Å²) in [6, 6.07) is 3.67. The lowest BCUT2D eigenvalue weighted by Gasteiger charge is -2.18. The number of benzene rings is 1. The number of carbonyl (C=O) groups excluding carboxylic acids is 1. The molecule has 0 spiro atoms. The topological polar surface area (TPSA) is 29.1 Å². The zero-order valence-electron chi connectivity index (χ0n) is 8.40. The van der Waals surface area contributed by atoms with Crippen LogP contribution in [0.5, 0.6) is 0 Å². The molecule has 1 aromatic carbocycles. The van der Waals surface area contributed by atoms with E-state index in [0.29, 0.717) is 12.8 Å². The quantitative estimate of drug-likeness (QED) is 0.814. The van der Waals surface area contributed by atoms with Crippen LogP contribution >= 0.6 is 11.6 Å². The summed E-state index contributed by atoms with van der Waals surface area (Å²) in [5.41, 5.74) is -0.949. The molecule has 0 unspecified atom stereocenters. The van der Waals surface area contributed by atoms with Crippen molar-refractivity contribution in [3.8, 4) is 0 Å². The summed E-state index contributed by atoms with van der Waals surface area (Å²) in [4.78, 5) is 11.2. The molecule has 1 aliphatic carbocycles. The van der Waals surface area contributed by atoms with Crippen LogP contribution in [0.4, 0.5) is 8.78 Å². The molecule has 1 fully saturated rings. The first-order valence-corrected chi connectivity index (χ1v) is 5.44. The molecule has 1 amide bonds. The molecule has 16 heavy (non-hydrogen) atoms. The van der Waals surface area contributed by atoms with Crippen LogP contribution in [-0.4, -0.2) is 11.8 Å². The molecular formula is C11H10ClF2NO. The molecular weight excluding hydrogens is 236 g/mol. The van der Waals surface area contributed by atoms with E-state index in [2.05, 4.69) is 5.32 Å². The largest absolute Gasteiger partial charge is 0.345 e. The summed E-state index contributed by atoms with van der Waals surface area (Å²) < 4.78 is 27.0. The second-order valence-corrected chi connectivity index (χ2v) is 4.13. The molecule has 0 aliphatic heterocycles. The van der Waals surface area contributed by atoms with Crippen molar-refractivity contribution >= 4 is 17.5 Å². The first-order valence-electron chi connectivity index (χ1n) is 4.90. The lowest BCUT2D eigenvalue weighted by atomic mass is 10.0. The Bertz CT molecular complexity index is 412. The zero-order chi connectivity index (χ0) is 11.8. The van der Waals surface area contributed by atoms with Crippen LogP contribution in [0.15, 0.2) is 18.2 Å². The number of hydrogen-bond donors (Lipinski definition) is 1. The van der Waals surface area contributed by atoms with Crippen LogP contribution in [0.3, 0.4) is 0 Å². The normalized spacial score (nSPS) is 16.9. The molecule has 1 saturated carbocycles. The van der Waals surface area contributed by atoms with Gasteiger partial charge in [0.05, 0.1) is 5.54 Å². The number of alkyl halides is 1. The molecule has 0 atom stereocenters. The van der Waals surface area contributed by atoms with Gasteiger partial charge in [-0.2, -0.15) is 0 Å². The number of hydrogen-bond acceptors (Lipinski definition) is 1. The Morgan fingerprint density at radius 3 is 2.38 bits per heavy atom. The number of amides is 1. The van der Waals surface area contributed by atoms with Gasteiger partial charge in [0, 0.05) is 5.56 Å². The molecule has 0 aromatic heterocycles. The minimum Gasteiger partial charge on any atom is -0.345 e. The Kier molecular flexibility index (Phi) is 2.84. The molecule has 1 aliphatic rings. The summed E-state index contributed by atoms with van der Waals surface area (Å²) in [7, 11) is 0. The van der Waals surface area contributed by atoms with Gasteiger partial charge < -0.3 is 5.32 Å². The van der Waals surface area contributed by atoms with E-state index >= 15 is 0 Å². The van der Waals surface area contributed by atoms with Gasteiger partial charge in [0.2, 0.25) is 5.91 Å². The summed E-state index contributed by atoms with van der Waals surface area (Å²) in [6.45, 7) is 0. The molecule has 2 rings (SSSR count). The average molecular weight is 246 g/mol. The fourth-order valence-electron chi connectivity index (χ4n) is 1.82. The summed E-state index contributed by atoms with van der Waals surface area (Å²) in [5, 5.41) is 2.56. The molecule has 0 saturated heterocycles. The summed E-state index contributed by atoms with van der Waals surface area (Å²) in [6.07, 6.45) is 1.07. The maximum absolute atomic E-state index is 13.5. The van der Waals surface area contributed by atoms with Crippen molar-refractivity contribution in [1.29, 1.82) is 0 Å². The lowest BCUT2D eigenvalue weighted by Crippen LogP contribution is -2.37. The van der Waals surface area contributed by atoms with Crippen molar-refractivity contribution in [3.05, 3.63) is 35.4 Å². The van der Waals surface area contributed by atoms with Gasteiger partial charge in [-0.05, 0) is 25.0 Å². The van der Waals surface area contributed by atoms with E-state index in [1.165, 1.54) is 18.2 Å². The fourth-order valence-corrected chi connectivity index (χ4v) is 1.88. The van der Waals surface area contributed by atoms with Gasteiger partial charge in [0.25, 0.3) is 0 Å². The van der Waals surface area contributed by atoms with E-state index in [1.807, 2.05) is 0 Å². The fraction of sp³-hybridized carbons (Fsp3) is 0.364. The smallest absolute Gasteiger partial charge is 0.235 e. The Balaban J connectivity index is 2.33. The van der Waals surface area contributed by atoms with Gasteiger partial charge >= 0.3 is 0 Å². The van der Waals surface area contributed by atoms with Gasteiger partial charge in [-0.25, -0.2) is 8.78 Å². The predicted octanol–water partition coefficient (Wildman–Crippen LogP) is 2.31. The van der Waals surface area contributed by atoms with Gasteiger partial charge in [0.1, 0.15) is 17.5 Å². The second-order valence-electron chi connectivity index (χ2n) is 3.86. The van der Waals surface area contributed by atoms with E-state index < -0.39 is 23.1 Å². The lowest BCUT2D eigenvalue weighted by molar-refractivity contribution is -0.119. The highest BCUT2D eigenvalue weighted by Gasteiger charge is 2.49. The number of rotatable bonds is 3. The molecule has 2 nitrogen and oxygen atoms in total. The Morgan fingerprint density at radius 1 is 1.38 bits per heavy atom. The number of carbonyl (C=O) groups is 1. The zero-order valence-corrected chi connectivity index (χ0v) is 9.15. The Morgan fingerprint density at radius 2 is 1.94 bits per heavy atom. The molecule has 0 radical (unpaired) electrons. The third-order valence-electron chi connectivity index (χ3n) is 2.69. The van der Waals surface area contributed by atoms with Gasteiger partial charge in [-0.15, -0.1) is 11.6 Å². The van der Waals surface area contributed by atoms with Crippen LogP contribution in [0.1, 0.15) is 18.4 Å². The predicted molar refractivity (Wildman–Crippen MR) is 56.1 cm³/mol. The highest BCUT2D eigenvalue weighted by molar-refractivity contribution is 6.27. The van der Waals surface area contributed by atoms with Crippen LogP contribution in [0.25, 0.3) is 0 Å². The summed E-state index contributed by atoms with van der Waals surface area (Å²) in [5.74, 6) is -1.89. The Hall–Kier alpha value is -1.16. The minimum absolute atomic E-state index is 0.0616. The Labute approximate surface area is 96.6 Å². The maximum atomic E-state index is 13.5.